The molecule has 120 valence electrons. The zero-order valence-corrected chi connectivity index (χ0v) is 13.8. The topological polar surface area (TPSA) is 62.6 Å². The van der Waals surface area contributed by atoms with Crippen molar-refractivity contribution in [3.8, 4) is 0 Å². The first-order chi connectivity index (χ1) is 10.9. The number of nitrogens with one attached hydrogen (secondary N) is 1. The maximum Gasteiger partial charge on any atom is 0.295 e. The lowest BCUT2D eigenvalue weighted by Crippen LogP contribution is -2.13. The van der Waals surface area contributed by atoms with E-state index in [1.165, 1.54) is 6.07 Å². The van der Waals surface area contributed by atoms with E-state index in [2.05, 4.69) is 4.72 Å². The third-order valence-electron chi connectivity index (χ3n) is 3.35. The van der Waals surface area contributed by atoms with E-state index < -0.39 is 10.0 Å². The average molecular weight is 330 g/mol. The van der Waals surface area contributed by atoms with Gasteiger partial charge in [0.2, 0.25) is 5.09 Å². The lowest BCUT2D eigenvalue weighted by Gasteiger charge is -2.11. The van der Waals surface area contributed by atoms with Crippen molar-refractivity contribution < 1.29 is 12.8 Å². The summed E-state index contributed by atoms with van der Waals surface area (Å²) in [5, 5.41) is 0.672. The first kappa shape index (κ1) is 15.6. The molecule has 0 saturated heterocycles. The Morgan fingerprint density at radius 1 is 1.04 bits per heavy atom. The second-order valence-corrected chi connectivity index (χ2v) is 7.26. The summed E-state index contributed by atoms with van der Waals surface area (Å²) in [6.45, 7) is 0.736. The second-order valence-electron chi connectivity index (χ2n) is 5.65. The van der Waals surface area contributed by atoms with Gasteiger partial charge < -0.3 is 9.32 Å². The van der Waals surface area contributed by atoms with Crippen LogP contribution in [0.4, 0.5) is 5.69 Å². The van der Waals surface area contributed by atoms with Gasteiger partial charge >= 0.3 is 0 Å². The summed E-state index contributed by atoms with van der Waals surface area (Å²) in [6.07, 6.45) is 0. The number of hydrogen-bond acceptors (Lipinski definition) is 4. The lowest BCUT2D eigenvalue weighted by molar-refractivity contribution is 0.402. The smallest absolute Gasteiger partial charge is 0.295 e. The molecule has 2 aromatic carbocycles. The molecular formula is C17H18N2O3S. The summed E-state index contributed by atoms with van der Waals surface area (Å²) >= 11 is 0. The Labute approximate surface area is 135 Å². The van der Waals surface area contributed by atoms with Crippen molar-refractivity contribution in [3.63, 3.8) is 0 Å². The van der Waals surface area contributed by atoms with Gasteiger partial charge in [-0.05, 0) is 37.9 Å². The number of furan rings is 1. The van der Waals surface area contributed by atoms with Gasteiger partial charge in [-0.2, -0.15) is 8.42 Å². The maximum atomic E-state index is 12.5. The molecule has 0 spiro atoms. The average Bonchev–Trinajstić information content (AvgIpc) is 2.91. The molecule has 23 heavy (non-hydrogen) atoms. The molecule has 0 aliphatic carbocycles. The molecule has 3 aromatic rings. The zero-order valence-electron chi connectivity index (χ0n) is 13.0. The minimum Gasteiger partial charge on any atom is -0.443 e. The van der Waals surface area contributed by atoms with Crippen LogP contribution in [0.2, 0.25) is 0 Å². The summed E-state index contributed by atoms with van der Waals surface area (Å²) in [4.78, 5) is 2.02. The highest BCUT2D eigenvalue weighted by molar-refractivity contribution is 7.92. The first-order valence-electron chi connectivity index (χ1n) is 7.19. The minimum atomic E-state index is -3.75. The Kier molecular flexibility index (Phi) is 4.11. The van der Waals surface area contributed by atoms with Crippen LogP contribution in [0.25, 0.3) is 11.0 Å². The molecule has 1 aromatic heterocycles. The fraction of sp³-hybridized carbons (Fsp3) is 0.176. The first-order valence-corrected chi connectivity index (χ1v) is 8.67. The van der Waals surface area contributed by atoms with E-state index in [-0.39, 0.29) is 5.09 Å². The van der Waals surface area contributed by atoms with Gasteiger partial charge in [0.15, 0.2) is 0 Å². The molecule has 0 aliphatic rings. The Morgan fingerprint density at radius 2 is 1.83 bits per heavy atom. The molecule has 5 nitrogen and oxygen atoms in total. The number of anilines is 1. The Bertz CT molecular complexity index is 897. The van der Waals surface area contributed by atoms with Gasteiger partial charge in [0, 0.05) is 23.7 Å². The van der Waals surface area contributed by atoms with Crippen LogP contribution in [0.15, 0.2) is 64.1 Å². The molecular weight excluding hydrogens is 312 g/mol. The third-order valence-corrected chi connectivity index (χ3v) is 4.58. The van der Waals surface area contributed by atoms with E-state index in [0.29, 0.717) is 11.3 Å². The molecule has 1 N–H and O–H groups in total. The van der Waals surface area contributed by atoms with Crippen LogP contribution < -0.4 is 4.72 Å². The Balaban J connectivity index is 1.88. The quantitative estimate of drug-likeness (QED) is 0.780. The molecule has 0 saturated carbocycles. The largest absolute Gasteiger partial charge is 0.443 e. The molecule has 0 radical (unpaired) electrons. The van der Waals surface area contributed by atoms with Crippen LogP contribution in [0.1, 0.15) is 5.56 Å². The highest BCUT2D eigenvalue weighted by Crippen LogP contribution is 2.24. The van der Waals surface area contributed by atoms with Crippen LogP contribution in [0.5, 0.6) is 0 Å². The highest BCUT2D eigenvalue weighted by atomic mass is 32.2. The minimum absolute atomic E-state index is 0.0864. The number of para-hydroxylation sites is 1. The Hall–Kier alpha value is -2.31. The number of benzene rings is 2. The summed E-state index contributed by atoms with van der Waals surface area (Å²) in [5.74, 6) is 0. The van der Waals surface area contributed by atoms with Gasteiger partial charge in [0.05, 0.1) is 0 Å². The van der Waals surface area contributed by atoms with E-state index >= 15 is 0 Å². The monoisotopic (exact) mass is 330 g/mol. The van der Waals surface area contributed by atoms with Gasteiger partial charge in [0.25, 0.3) is 10.0 Å². The van der Waals surface area contributed by atoms with E-state index in [4.69, 9.17) is 4.42 Å². The zero-order chi connectivity index (χ0) is 16.4. The number of hydrogen-bond donors (Lipinski definition) is 1. The second kappa shape index (κ2) is 6.06. The van der Waals surface area contributed by atoms with Crippen LogP contribution in [0, 0.1) is 0 Å². The van der Waals surface area contributed by atoms with Gasteiger partial charge in [-0.3, -0.25) is 4.72 Å². The molecule has 0 aliphatic heterocycles. The molecule has 0 unspecified atom stereocenters. The number of nitrogens with zero attached hydrogens (tertiary/aromatic N) is 1. The van der Waals surface area contributed by atoms with E-state index in [1.54, 1.807) is 18.2 Å². The maximum absolute atomic E-state index is 12.5. The van der Waals surface area contributed by atoms with Gasteiger partial charge in [-0.25, -0.2) is 0 Å². The van der Waals surface area contributed by atoms with E-state index in [1.807, 2.05) is 49.3 Å². The van der Waals surface area contributed by atoms with Crippen molar-refractivity contribution in [1.82, 2.24) is 4.90 Å². The predicted molar refractivity (Wildman–Crippen MR) is 90.9 cm³/mol. The van der Waals surface area contributed by atoms with Crippen molar-refractivity contribution in [2.45, 2.75) is 11.6 Å². The molecule has 1 heterocycles. The van der Waals surface area contributed by atoms with Crippen LogP contribution in [0.3, 0.4) is 0 Å². The summed E-state index contributed by atoms with van der Waals surface area (Å²) in [7, 11) is 0.176. The number of rotatable bonds is 5. The van der Waals surface area contributed by atoms with Crippen molar-refractivity contribution in [2.24, 2.45) is 0 Å². The lowest BCUT2D eigenvalue weighted by atomic mass is 10.2. The third kappa shape index (κ3) is 3.55. The van der Waals surface area contributed by atoms with Crippen molar-refractivity contribution in [2.75, 3.05) is 18.8 Å². The highest BCUT2D eigenvalue weighted by Gasteiger charge is 2.19. The normalized spacial score (nSPS) is 12.0. The van der Waals surface area contributed by atoms with Crippen molar-refractivity contribution in [1.29, 1.82) is 0 Å². The molecule has 0 amide bonds. The summed E-state index contributed by atoms with van der Waals surface area (Å²) in [5.41, 5.74) is 2.10. The SMILES string of the molecule is CN(C)Cc1cccc(NS(=O)(=O)c2cc3ccccc3o2)c1. The molecule has 0 bridgehead atoms. The van der Waals surface area contributed by atoms with Crippen LogP contribution in [-0.2, 0) is 16.6 Å². The van der Waals surface area contributed by atoms with E-state index in [0.717, 1.165) is 17.5 Å². The van der Waals surface area contributed by atoms with Crippen molar-refractivity contribution >= 4 is 26.7 Å². The molecule has 3 rings (SSSR count). The van der Waals surface area contributed by atoms with E-state index in [9.17, 15) is 8.42 Å². The standard InChI is InChI=1S/C17H18N2O3S/c1-19(2)12-13-6-5-8-15(10-13)18-23(20,21)17-11-14-7-3-4-9-16(14)22-17/h3-11,18H,12H2,1-2H3. The number of fused-ring (bicyclic) bond motifs is 1. The summed E-state index contributed by atoms with van der Waals surface area (Å²) in [6, 6.07) is 16.1. The van der Waals surface area contributed by atoms with Gasteiger partial charge in [-0.1, -0.05) is 30.3 Å². The van der Waals surface area contributed by atoms with Gasteiger partial charge in [-0.15, -0.1) is 0 Å². The number of sulfonamides is 1. The van der Waals surface area contributed by atoms with Crippen LogP contribution >= 0.6 is 0 Å². The molecule has 0 atom stereocenters. The molecule has 6 heteroatoms. The van der Waals surface area contributed by atoms with Crippen LogP contribution in [-0.4, -0.2) is 27.4 Å². The Morgan fingerprint density at radius 3 is 2.57 bits per heavy atom. The van der Waals surface area contributed by atoms with Crippen molar-refractivity contribution in [3.05, 3.63) is 60.2 Å². The predicted octanol–water partition coefficient (Wildman–Crippen LogP) is 3.30. The fourth-order valence-electron chi connectivity index (χ4n) is 2.39. The fourth-order valence-corrected chi connectivity index (χ4v) is 3.41. The summed E-state index contributed by atoms with van der Waals surface area (Å²) < 4.78 is 33.0. The van der Waals surface area contributed by atoms with Gasteiger partial charge in [0.1, 0.15) is 5.58 Å². The molecule has 0 fully saturated rings.